The van der Waals surface area contributed by atoms with E-state index < -0.39 is 0 Å². The van der Waals surface area contributed by atoms with Crippen LogP contribution in [-0.2, 0) is 0 Å². The van der Waals surface area contributed by atoms with Gasteiger partial charge in [0.15, 0.2) is 0 Å². The van der Waals surface area contributed by atoms with Gasteiger partial charge in [0, 0.05) is 28.0 Å². The lowest BCUT2D eigenvalue weighted by atomic mass is 10.2. The molecule has 0 saturated carbocycles. The van der Waals surface area contributed by atoms with Gasteiger partial charge in [-0.1, -0.05) is 29.3 Å². The van der Waals surface area contributed by atoms with Gasteiger partial charge in [0.25, 0.3) is 0 Å². The molecule has 0 unspecified atom stereocenters. The van der Waals surface area contributed by atoms with E-state index in [1.54, 1.807) is 6.07 Å². The molecule has 0 radical (unpaired) electrons. The van der Waals surface area contributed by atoms with E-state index in [9.17, 15) is 0 Å². The Morgan fingerprint density at radius 1 is 1.00 bits per heavy atom. The van der Waals surface area contributed by atoms with Crippen LogP contribution >= 0.6 is 23.2 Å². The van der Waals surface area contributed by atoms with Crippen molar-refractivity contribution < 1.29 is 0 Å². The maximum Gasteiger partial charge on any atom is 0.137 e. The van der Waals surface area contributed by atoms with E-state index in [1.807, 2.05) is 47.1 Å². The number of aromatic nitrogens is 2. The summed E-state index contributed by atoms with van der Waals surface area (Å²) in [5.74, 6) is 0. The number of pyridine rings is 1. The largest absolute Gasteiger partial charge is 0.306 e. The first-order valence-corrected chi connectivity index (χ1v) is 5.88. The van der Waals surface area contributed by atoms with Crippen LogP contribution < -0.4 is 0 Å². The van der Waals surface area contributed by atoms with Gasteiger partial charge in [-0.25, -0.2) is 4.98 Å². The minimum atomic E-state index is 0.615. The molecule has 84 valence electrons. The van der Waals surface area contributed by atoms with Crippen molar-refractivity contribution in [3.05, 3.63) is 58.8 Å². The summed E-state index contributed by atoms with van der Waals surface area (Å²) in [6, 6.07) is 11.3. The molecule has 0 fully saturated rings. The van der Waals surface area contributed by atoms with Gasteiger partial charge < -0.3 is 4.40 Å². The normalized spacial score (nSPS) is 10.9. The number of hydrogen-bond acceptors (Lipinski definition) is 1. The predicted octanol–water partition coefficient (Wildman–Crippen LogP) is 4.31. The molecule has 0 saturated heterocycles. The van der Waals surface area contributed by atoms with Gasteiger partial charge in [-0.15, -0.1) is 0 Å². The van der Waals surface area contributed by atoms with Crippen LogP contribution in [0.2, 0.25) is 10.0 Å². The van der Waals surface area contributed by atoms with E-state index in [4.69, 9.17) is 23.2 Å². The summed E-state index contributed by atoms with van der Waals surface area (Å²) >= 11 is 12.0. The van der Waals surface area contributed by atoms with Crippen LogP contribution in [0.3, 0.4) is 0 Å². The molecule has 0 amide bonds. The summed E-state index contributed by atoms with van der Waals surface area (Å²) in [6.45, 7) is 0. The summed E-state index contributed by atoms with van der Waals surface area (Å²) in [7, 11) is 0. The Morgan fingerprint density at radius 2 is 1.76 bits per heavy atom. The first-order chi connectivity index (χ1) is 8.22. The lowest BCUT2D eigenvalue weighted by Crippen LogP contribution is -1.77. The SMILES string of the molecule is Clc1cc(Cl)cc(-c2cn3ccccc3n2)c1. The Balaban J connectivity index is 2.20. The highest BCUT2D eigenvalue weighted by Crippen LogP contribution is 2.26. The third-order valence-electron chi connectivity index (χ3n) is 2.52. The first-order valence-electron chi connectivity index (χ1n) is 5.12. The van der Waals surface area contributed by atoms with E-state index in [1.165, 1.54) is 0 Å². The summed E-state index contributed by atoms with van der Waals surface area (Å²) in [5.41, 5.74) is 2.69. The van der Waals surface area contributed by atoms with Crippen LogP contribution in [0.4, 0.5) is 0 Å². The molecule has 2 heterocycles. The molecule has 0 N–H and O–H groups in total. The molecule has 4 heteroatoms. The lowest BCUT2D eigenvalue weighted by Gasteiger charge is -1.98. The summed E-state index contributed by atoms with van der Waals surface area (Å²) in [4.78, 5) is 4.51. The van der Waals surface area contributed by atoms with E-state index in [0.29, 0.717) is 10.0 Å². The Bertz CT molecular complexity index is 635. The van der Waals surface area contributed by atoms with Gasteiger partial charge in [0.05, 0.1) is 5.69 Å². The molecular formula is C13H8Cl2N2. The zero-order valence-corrected chi connectivity index (χ0v) is 10.3. The number of fused-ring (bicyclic) bond motifs is 1. The minimum Gasteiger partial charge on any atom is -0.306 e. The molecule has 0 aliphatic rings. The Morgan fingerprint density at radius 3 is 2.47 bits per heavy atom. The number of nitrogens with zero attached hydrogens (tertiary/aromatic N) is 2. The van der Waals surface area contributed by atoms with Crippen molar-refractivity contribution in [1.82, 2.24) is 9.38 Å². The summed E-state index contributed by atoms with van der Waals surface area (Å²) in [5, 5.41) is 1.23. The van der Waals surface area contributed by atoms with Gasteiger partial charge in [-0.05, 0) is 30.3 Å². The molecule has 17 heavy (non-hydrogen) atoms. The molecule has 2 nitrogen and oxygen atoms in total. The van der Waals surface area contributed by atoms with Crippen LogP contribution in [0.1, 0.15) is 0 Å². The number of rotatable bonds is 1. The fourth-order valence-electron chi connectivity index (χ4n) is 1.78. The highest BCUT2D eigenvalue weighted by molar-refractivity contribution is 6.35. The minimum absolute atomic E-state index is 0.615. The van der Waals surface area contributed by atoms with Crippen molar-refractivity contribution in [1.29, 1.82) is 0 Å². The first kappa shape index (κ1) is 10.6. The van der Waals surface area contributed by atoms with Crippen molar-refractivity contribution in [2.75, 3.05) is 0 Å². The molecule has 3 rings (SSSR count). The Kier molecular flexibility index (Phi) is 2.54. The van der Waals surface area contributed by atoms with Crippen LogP contribution in [-0.4, -0.2) is 9.38 Å². The maximum absolute atomic E-state index is 5.98. The standard InChI is InChI=1S/C13H8Cl2N2/c14-10-5-9(6-11(15)7-10)12-8-17-4-2-1-3-13(17)16-12/h1-8H. The number of halogens is 2. The molecule has 0 aliphatic heterocycles. The van der Waals surface area contributed by atoms with Gasteiger partial charge >= 0.3 is 0 Å². The van der Waals surface area contributed by atoms with Crippen LogP contribution in [0.5, 0.6) is 0 Å². The molecule has 1 aromatic carbocycles. The molecule has 0 bridgehead atoms. The summed E-state index contributed by atoms with van der Waals surface area (Å²) in [6.07, 6.45) is 3.91. The third-order valence-corrected chi connectivity index (χ3v) is 2.96. The lowest BCUT2D eigenvalue weighted by molar-refractivity contribution is 1.19. The van der Waals surface area contributed by atoms with Gasteiger partial charge in [-0.2, -0.15) is 0 Å². The number of imidazole rings is 1. The highest BCUT2D eigenvalue weighted by Gasteiger charge is 2.05. The average molecular weight is 263 g/mol. The van der Waals surface area contributed by atoms with Crippen molar-refractivity contribution in [2.24, 2.45) is 0 Å². The number of benzene rings is 1. The van der Waals surface area contributed by atoms with E-state index in [2.05, 4.69) is 4.98 Å². The Labute approximate surface area is 108 Å². The highest BCUT2D eigenvalue weighted by atomic mass is 35.5. The molecule has 0 spiro atoms. The quantitative estimate of drug-likeness (QED) is 0.639. The zero-order chi connectivity index (χ0) is 11.8. The van der Waals surface area contributed by atoms with E-state index >= 15 is 0 Å². The van der Waals surface area contributed by atoms with Crippen molar-refractivity contribution in [3.63, 3.8) is 0 Å². The monoisotopic (exact) mass is 262 g/mol. The summed E-state index contributed by atoms with van der Waals surface area (Å²) < 4.78 is 1.96. The predicted molar refractivity (Wildman–Crippen MR) is 70.6 cm³/mol. The zero-order valence-electron chi connectivity index (χ0n) is 8.77. The second kappa shape index (κ2) is 4.06. The van der Waals surface area contributed by atoms with Crippen molar-refractivity contribution >= 4 is 28.8 Å². The van der Waals surface area contributed by atoms with E-state index in [-0.39, 0.29) is 0 Å². The van der Waals surface area contributed by atoms with Crippen LogP contribution in [0, 0.1) is 0 Å². The van der Waals surface area contributed by atoms with Gasteiger partial charge in [0.2, 0.25) is 0 Å². The van der Waals surface area contributed by atoms with Crippen LogP contribution in [0.15, 0.2) is 48.8 Å². The fraction of sp³-hybridized carbons (Fsp3) is 0. The molecule has 2 aromatic heterocycles. The molecular weight excluding hydrogens is 255 g/mol. The van der Waals surface area contributed by atoms with E-state index in [0.717, 1.165) is 16.9 Å². The maximum atomic E-state index is 5.98. The Hall–Kier alpha value is -1.51. The second-order valence-electron chi connectivity index (χ2n) is 3.75. The third kappa shape index (κ3) is 2.02. The van der Waals surface area contributed by atoms with Crippen LogP contribution in [0.25, 0.3) is 16.9 Å². The topological polar surface area (TPSA) is 17.3 Å². The molecule has 0 aliphatic carbocycles. The van der Waals surface area contributed by atoms with Crippen molar-refractivity contribution in [2.45, 2.75) is 0 Å². The number of hydrogen-bond donors (Lipinski definition) is 0. The molecule has 0 atom stereocenters. The van der Waals surface area contributed by atoms with Gasteiger partial charge in [0.1, 0.15) is 5.65 Å². The van der Waals surface area contributed by atoms with Gasteiger partial charge in [-0.3, -0.25) is 0 Å². The smallest absolute Gasteiger partial charge is 0.137 e. The van der Waals surface area contributed by atoms with Crippen molar-refractivity contribution in [3.8, 4) is 11.3 Å². The molecule has 3 aromatic rings. The fourth-order valence-corrected chi connectivity index (χ4v) is 2.30. The average Bonchev–Trinajstić information content (AvgIpc) is 2.71. The second-order valence-corrected chi connectivity index (χ2v) is 4.62.